The van der Waals surface area contributed by atoms with Crippen molar-refractivity contribution in [2.24, 2.45) is 0 Å². The molecule has 1 unspecified atom stereocenters. The summed E-state index contributed by atoms with van der Waals surface area (Å²) in [6, 6.07) is 3.76. The van der Waals surface area contributed by atoms with E-state index < -0.39 is 0 Å². The summed E-state index contributed by atoms with van der Waals surface area (Å²) in [4.78, 5) is 14.2. The lowest BCUT2D eigenvalue weighted by Crippen LogP contribution is -2.43. The van der Waals surface area contributed by atoms with E-state index in [1.165, 1.54) is 0 Å². The van der Waals surface area contributed by atoms with Crippen molar-refractivity contribution >= 4 is 37.8 Å². The van der Waals surface area contributed by atoms with Crippen LogP contribution in [0.25, 0.3) is 0 Å². The van der Waals surface area contributed by atoms with Gasteiger partial charge in [0, 0.05) is 29.7 Å². The molecule has 0 aliphatic carbocycles. The van der Waals surface area contributed by atoms with Crippen LogP contribution in [0.4, 0.5) is 0 Å². The van der Waals surface area contributed by atoms with Crippen LogP contribution in [0.1, 0.15) is 25.3 Å². The first-order valence-electron chi connectivity index (χ1n) is 7.07. The highest BCUT2D eigenvalue weighted by Crippen LogP contribution is 2.32. The van der Waals surface area contributed by atoms with E-state index in [1.807, 2.05) is 24.0 Å². The Labute approximate surface area is 142 Å². The molecule has 1 N–H and O–H groups in total. The first-order valence-corrected chi connectivity index (χ1v) is 8.65. The summed E-state index contributed by atoms with van der Waals surface area (Å²) >= 11 is 6.97. The fourth-order valence-electron chi connectivity index (χ4n) is 2.54. The number of likely N-dealkylation sites (tertiary alicyclic amines) is 1. The molecule has 2 rings (SSSR count). The van der Waals surface area contributed by atoms with Crippen molar-refractivity contribution in [3.8, 4) is 5.75 Å². The Balaban J connectivity index is 2.00. The van der Waals surface area contributed by atoms with E-state index >= 15 is 0 Å². The number of hydrogen-bond acceptors (Lipinski definition) is 3. The largest absolute Gasteiger partial charge is 0.495 e. The van der Waals surface area contributed by atoms with Crippen molar-refractivity contribution in [2.45, 2.75) is 32.4 Å². The van der Waals surface area contributed by atoms with Crippen LogP contribution in [0.15, 0.2) is 21.1 Å². The number of nitrogens with zero attached hydrogens (tertiary/aromatic N) is 1. The normalized spacial score (nSPS) is 16.1. The molecule has 1 aromatic rings. The zero-order valence-electron chi connectivity index (χ0n) is 12.3. The Morgan fingerprint density at radius 2 is 2.05 bits per heavy atom. The predicted molar refractivity (Wildman–Crippen MR) is 90.5 cm³/mol. The molecule has 21 heavy (non-hydrogen) atoms. The number of hydrogen-bond donors (Lipinski definition) is 1. The highest BCUT2D eigenvalue weighted by molar-refractivity contribution is 9.11. The first kappa shape index (κ1) is 16.8. The van der Waals surface area contributed by atoms with Gasteiger partial charge in [-0.05, 0) is 47.8 Å². The molecule has 1 atom stereocenters. The molecule has 4 nitrogen and oxygen atoms in total. The number of amides is 1. The van der Waals surface area contributed by atoms with Gasteiger partial charge < -0.3 is 15.0 Å². The van der Waals surface area contributed by atoms with E-state index in [-0.39, 0.29) is 11.9 Å². The number of benzene rings is 1. The highest BCUT2D eigenvalue weighted by Gasteiger charge is 2.23. The van der Waals surface area contributed by atoms with Crippen molar-refractivity contribution < 1.29 is 9.53 Å². The molecule has 0 bridgehead atoms. The van der Waals surface area contributed by atoms with Crippen LogP contribution in [0, 0.1) is 0 Å². The lowest BCUT2D eigenvalue weighted by Gasteiger charge is -2.21. The van der Waals surface area contributed by atoms with Crippen LogP contribution in [0.3, 0.4) is 0 Å². The van der Waals surface area contributed by atoms with Crippen molar-refractivity contribution in [2.75, 3.05) is 20.2 Å². The third-order valence-electron chi connectivity index (χ3n) is 3.68. The number of nitrogens with one attached hydrogen (secondary N) is 1. The highest BCUT2D eigenvalue weighted by atomic mass is 79.9. The third kappa shape index (κ3) is 4.20. The zero-order chi connectivity index (χ0) is 15.4. The van der Waals surface area contributed by atoms with E-state index in [4.69, 9.17) is 4.74 Å². The maximum Gasteiger partial charge on any atom is 0.239 e. The number of carbonyl (C=O) groups is 1. The van der Waals surface area contributed by atoms with E-state index in [1.54, 1.807) is 7.11 Å². The Morgan fingerprint density at radius 3 is 2.67 bits per heavy atom. The van der Waals surface area contributed by atoms with Crippen LogP contribution < -0.4 is 10.1 Å². The SMILES string of the molecule is COc1c(Br)cc(Br)cc1CNC(C)C(=O)N1CCCC1. The van der Waals surface area contributed by atoms with Crippen LogP contribution >= 0.6 is 31.9 Å². The molecule has 0 radical (unpaired) electrons. The van der Waals surface area contributed by atoms with Crippen LogP contribution in [-0.4, -0.2) is 37.0 Å². The molecule has 1 saturated heterocycles. The van der Waals surface area contributed by atoms with E-state index in [0.29, 0.717) is 6.54 Å². The minimum absolute atomic E-state index is 0.181. The summed E-state index contributed by atoms with van der Waals surface area (Å²) in [5.41, 5.74) is 1.01. The van der Waals surface area contributed by atoms with Gasteiger partial charge in [-0.1, -0.05) is 15.9 Å². The lowest BCUT2D eigenvalue weighted by atomic mass is 10.2. The topological polar surface area (TPSA) is 41.6 Å². The Kier molecular flexibility index (Phi) is 6.08. The molecule has 0 spiro atoms. The smallest absolute Gasteiger partial charge is 0.239 e. The van der Waals surface area contributed by atoms with Gasteiger partial charge in [0.2, 0.25) is 5.91 Å². The number of carbonyl (C=O) groups excluding carboxylic acids is 1. The van der Waals surface area contributed by atoms with Crippen LogP contribution in [0.2, 0.25) is 0 Å². The van der Waals surface area contributed by atoms with Gasteiger partial charge in [0.1, 0.15) is 5.75 Å². The molecule has 6 heteroatoms. The van der Waals surface area contributed by atoms with E-state index in [2.05, 4.69) is 37.2 Å². The van der Waals surface area contributed by atoms with Crippen molar-refractivity contribution in [3.63, 3.8) is 0 Å². The van der Waals surface area contributed by atoms with Gasteiger partial charge in [0.05, 0.1) is 17.6 Å². The molecule has 1 heterocycles. The van der Waals surface area contributed by atoms with Gasteiger partial charge in [-0.25, -0.2) is 0 Å². The summed E-state index contributed by atoms with van der Waals surface area (Å²) in [7, 11) is 1.65. The number of methoxy groups -OCH3 is 1. The third-order valence-corrected chi connectivity index (χ3v) is 4.72. The standard InChI is InChI=1S/C15H20Br2N2O2/c1-10(15(20)19-5-3-4-6-19)18-9-11-7-12(16)8-13(17)14(11)21-2/h7-8,10,18H,3-6,9H2,1-2H3. The fourth-order valence-corrected chi connectivity index (χ4v) is 4.01. The second kappa shape index (κ2) is 7.61. The zero-order valence-corrected chi connectivity index (χ0v) is 15.5. The van der Waals surface area contributed by atoms with Crippen molar-refractivity contribution in [1.29, 1.82) is 0 Å². The van der Waals surface area contributed by atoms with Gasteiger partial charge in [0.15, 0.2) is 0 Å². The molecule has 1 fully saturated rings. The second-order valence-corrected chi connectivity index (χ2v) is 6.98. The average Bonchev–Trinajstić information content (AvgIpc) is 2.97. The van der Waals surface area contributed by atoms with Crippen molar-refractivity contribution in [1.82, 2.24) is 10.2 Å². The summed E-state index contributed by atoms with van der Waals surface area (Å²) < 4.78 is 7.30. The minimum Gasteiger partial charge on any atom is -0.495 e. The van der Waals surface area contributed by atoms with Gasteiger partial charge in [-0.2, -0.15) is 0 Å². The molecule has 1 amide bonds. The molecule has 1 aromatic carbocycles. The Hall–Kier alpha value is -0.590. The molecular weight excluding hydrogens is 400 g/mol. The molecule has 116 valence electrons. The monoisotopic (exact) mass is 418 g/mol. The average molecular weight is 420 g/mol. The summed E-state index contributed by atoms with van der Waals surface area (Å²) in [6.45, 7) is 4.27. The van der Waals surface area contributed by atoms with E-state index in [9.17, 15) is 4.79 Å². The Bertz CT molecular complexity index is 517. The van der Waals surface area contributed by atoms with Gasteiger partial charge in [0.25, 0.3) is 0 Å². The maximum absolute atomic E-state index is 12.3. The second-order valence-electron chi connectivity index (χ2n) is 5.21. The summed E-state index contributed by atoms with van der Waals surface area (Å²) in [5.74, 6) is 0.979. The Morgan fingerprint density at radius 1 is 1.38 bits per heavy atom. The van der Waals surface area contributed by atoms with Crippen LogP contribution in [-0.2, 0) is 11.3 Å². The molecule has 0 saturated carbocycles. The van der Waals surface area contributed by atoms with Gasteiger partial charge >= 0.3 is 0 Å². The minimum atomic E-state index is -0.189. The molecule has 1 aliphatic rings. The lowest BCUT2D eigenvalue weighted by molar-refractivity contribution is -0.131. The summed E-state index contributed by atoms with van der Waals surface area (Å²) in [5, 5.41) is 3.29. The molecular formula is C15H20Br2N2O2. The first-order chi connectivity index (χ1) is 10.0. The fraction of sp³-hybridized carbons (Fsp3) is 0.533. The number of ether oxygens (including phenoxy) is 1. The summed E-state index contributed by atoms with van der Waals surface area (Å²) in [6.07, 6.45) is 2.23. The van der Waals surface area contributed by atoms with E-state index in [0.717, 1.165) is 46.2 Å². The van der Waals surface area contributed by atoms with Crippen molar-refractivity contribution in [3.05, 3.63) is 26.6 Å². The molecule has 1 aliphatic heterocycles. The quantitative estimate of drug-likeness (QED) is 0.795. The number of rotatable bonds is 5. The predicted octanol–water partition coefficient (Wildman–Crippen LogP) is 3.32. The van der Waals surface area contributed by atoms with Gasteiger partial charge in [-0.15, -0.1) is 0 Å². The maximum atomic E-state index is 12.3. The number of halogens is 2. The van der Waals surface area contributed by atoms with Crippen LogP contribution in [0.5, 0.6) is 5.75 Å². The van der Waals surface area contributed by atoms with Gasteiger partial charge in [-0.3, -0.25) is 4.79 Å². The molecule has 0 aromatic heterocycles.